The minimum absolute atomic E-state index is 0.205. The second kappa shape index (κ2) is 11.4. The van der Waals surface area contributed by atoms with Crippen LogP contribution in [0.5, 0.6) is 11.5 Å². The molecule has 4 rings (SSSR count). The van der Waals surface area contributed by atoms with Crippen molar-refractivity contribution in [1.82, 2.24) is 5.32 Å². The van der Waals surface area contributed by atoms with Crippen molar-refractivity contribution in [3.8, 4) is 11.5 Å². The summed E-state index contributed by atoms with van der Waals surface area (Å²) in [7, 11) is 1.52. The van der Waals surface area contributed by atoms with Gasteiger partial charge in [-0.3, -0.25) is 14.9 Å². The maximum absolute atomic E-state index is 13.4. The van der Waals surface area contributed by atoms with Crippen LogP contribution < -0.4 is 19.7 Å². The van der Waals surface area contributed by atoms with Crippen LogP contribution in [-0.4, -0.2) is 25.0 Å². The van der Waals surface area contributed by atoms with E-state index in [1.165, 1.54) is 13.2 Å². The number of allylic oxidation sites excluding steroid dienone is 1. The van der Waals surface area contributed by atoms with Gasteiger partial charge in [-0.25, -0.2) is 9.69 Å². The Kier molecular flexibility index (Phi) is 7.98. The summed E-state index contributed by atoms with van der Waals surface area (Å²) in [5.41, 5.74) is 4.07. The first-order chi connectivity index (χ1) is 18.2. The fourth-order valence-electron chi connectivity index (χ4n) is 4.11. The average Bonchev–Trinajstić information content (AvgIpc) is 2.89. The third-order valence-electron chi connectivity index (χ3n) is 6.13. The number of aryl methyl sites for hydroxylation is 1. The molecule has 0 radical (unpaired) electrons. The SMILES string of the molecule is C=CCc1cc(/C=C2\C(=O)NC(=O)N(c3cccc(Cl)c3C)C2=O)cc(OC)c1OCc1ccc(C)cc1. The van der Waals surface area contributed by atoms with Crippen molar-refractivity contribution >= 4 is 41.2 Å². The van der Waals surface area contributed by atoms with E-state index in [4.69, 9.17) is 21.1 Å². The molecule has 1 heterocycles. The Labute approximate surface area is 226 Å². The first-order valence-corrected chi connectivity index (χ1v) is 12.3. The molecule has 1 aliphatic rings. The van der Waals surface area contributed by atoms with Crippen molar-refractivity contribution in [2.24, 2.45) is 0 Å². The number of nitrogens with zero attached hydrogens (tertiary/aromatic N) is 1. The van der Waals surface area contributed by atoms with Gasteiger partial charge in [-0.15, -0.1) is 6.58 Å². The number of urea groups is 1. The van der Waals surface area contributed by atoms with E-state index >= 15 is 0 Å². The molecule has 0 aromatic heterocycles. The van der Waals surface area contributed by atoms with Crippen LogP contribution in [0.15, 0.2) is 72.8 Å². The third-order valence-corrected chi connectivity index (χ3v) is 6.54. The fraction of sp³-hybridized carbons (Fsp3) is 0.167. The molecular formula is C30H27ClN2O5. The molecule has 0 atom stereocenters. The second-order valence-corrected chi connectivity index (χ2v) is 9.23. The van der Waals surface area contributed by atoms with Crippen LogP contribution in [0.1, 0.15) is 27.8 Å². The summed E-state index contributed by atoms with van der Waals surface area (Å²) >= 11 is 6.21. The number of barbiturate groups is 1. The van der Waals surface area contributed by atoms with E-state index in [1.54, 1.807) is 43.3 Å². The monoisotopic (exact) mass is 530 g/mol. The molecule has 0 aliphatic carbocycles. The maximum atomic E-state index is 13.4. The molecule has 3 aromatic carbocycles. The lowest BCUT2D eigenvalue weighted by atomic mass is 10.0. The van der Waals surface area contributed by atoms with Crippen molar-refractivity contribution in [3.05, 3.63) is 106 Å². The summed E-state index contributed by atoms with van der Waals surface area (Å²) in [6.07, 6.45) is 3.62. The minimum Gasteiger partial charge on any atom is -0.493 e. The Hall–Kier alpha value is -4.36. The van der Waals surface area contributed by atoms with E-state index in [2.05, 4.69) is 11.9 Å². The lowest BCUT2D eigenvalue weighted by Gasteiger charge is -2.27. The Morgan fingerprint density at radius 3 is 2.47 bits per heavy atom. The average molecular weight is 531 g/mol. The fourth-order valence-corrected chi connectivity index (χ4v) is 4.28. The van der Waals surface area contributed by atoms with Crippen molar-refractivity contribution in [3.63, 3.8) is 0 Å². The van der Waals surface area contributed by atoms with Gasteiger partial charge in [0.05, 0.1) is 12.8 Å². The zero-order chi connectivity index (χ0) is 27.4. The van der Waals surface area contributed by atoms with Crippen LogP contribution in [0.4, 0.5) is 10.5 Å². The molecule has 1 aliphatic heterocycles. The van der Waals surface area contributed by atoms with E-state index in [0.717, 1.165) is 21.6 Å². The number of methoxy groups -OCH3 is 1. The van der Waals surface area contributed by atoms with Gasteiger partial charge in [0.1, 0.15) is 12.2 Å². The minimum atomic E-state index is -0.840. The first-order valence-electron chi connectivity index (χ1n) is 11.9. The van der Waals surface area contributed by atoms with Gasteiger partial charge in [0, 0.05) is 10.6 Å². The highest BCUT2D eigenvalue weighted by Gasteiger charge is 2.37. The summed E-state index contributed by atoms with van der Waals surface area (Å²) in [6.45, 7) is 7.88. The number of hydrogen-bond acceptors (Lipinski definition) is 5. The molecule has 7 nitrogen and oxygen atoms in total. The number of imide groups is 2. The van der Waals surface area contributed by atoms with E-state index in [0.29, 0.717) is 46.4 Å². The molecular weight excluding hydrogens is 504 g/mol. The van der Waals surface area contributed by atoms with Gasteiger partial charge in [0.2, 0.25) is 0 Å². The van der Waals surface area contributed by atoms with Crippen molar-refractivity contribution in [2.75, 3.05) is 12.0 Å². The number of carbonyl (C=O) groups excluding carboxylic acids is 3. The molecule has 4 amide bonds. The molecule has 3 aromatic rings. The van der Waals surface area contributed by atoms with Crippen LogP contribution >= 0.6 is 11.6 Å². The largest absolute Gasteiger partial charge is 0.493 e. The molecule has 0 saturated carbocycles. The smallest absolute Gasteiger partial charge is 0.335 e. The van der Waals surface area contributed by atoms with Crippen LogP contribution in [0.3, 0.4) is 0 Å². The predicted octanol–water partition coefficient (Wildman–Crippen LogP) is 5.94. The number of benzene rings is 3. The van der Waals surface area contributed by atoms with Gasteiger partial charge in [-0.2, -0.15) is 0 Å². The van der Waals surface area contributed by atoms with E-state index in [9.17, 15) is 14.4 Å². The van der Waals surface area contributed by atoms with Gasteiger partial charge in [-0.05, 0) is 67.3 Å². The zero-order valence-corrected chi connectivity index (χ0v) is 22.1. The Bertz CT molecular complexity index is 1460. The Balaban J connectivity index is 1.71. The molecule has 1 fully saturated rings. The van der Waals surface area contributed by atoms with Crippen LogP contribution in [0, 0.1) is 13.8 Å². The highest BCUT2D eigenvalue weighted by Crippen LogP contribution is 2.36. The molecule has 8 heteroatoms. The standard InChI is InChI=1S/C30H27ClN2O5/c1-5-7-22-14-21(16-26(37-4)27(22)38-17-20-12-10-18(2)11-13-20)15-23-28(34)32-30(36)33(29(23)35)25-9-6-8-24(31)19(25)3/h5-6,8-16H,1,7,17H2,2-4H3,(H,32,34,36)/b23-15+. The number of amides is 4. The summed E-state index contributed by atoms with van der Waals surface area (Å²) in [6, 6.07) is 15.5. The van der Waals surface area contributed by atoms with Crippen LogP contribution in [0.25, 0.3) is 6.08 Å². The van der Waals surface area contributed by atoms with Crippen molar-refractivity contribution < 1.29 is 23.9 Å². The van der Waals surface area contributed by atoms with E-state index < -0.39 is 17.8 Å². The molecule has 194 valence electrons. The van der Waals surface area contributed by atoms with Gasteiger partial charge < -0.3 is 9.47 Å². The number of hydrogen-bond donors (Lipinski definition) is 1. The number of rotatable bonds is 8. The number of nitrogens with one attached hydrogen (secondary N) is 1. The summed E-state index contributed by atoms with van der Waals surface area (Å²) in [5.74, 6) is -0.570. The van der Waals surface area contributed by atoms with Gasteiger partial charge in [0.25, 0.3) is 11.8 Å². The lowest BCUT2D eigenvalue weighted by Crippen LogP contribution is -2.54. The number of anilines is 1. The maximum Gasteiger partial charge on any atom is 0.335 e. The quantitative estimate of drug-likeness (QED) is 0.221. The highest BCUT2D eigenvalue weighted by atomic mass is 35.5. The molecule has 38 heavy (non-hydrogen) atoms. The summed E-state index contributed by atoms with van der Waals surface area (Å²) in [5, 5.41) is 2.64. The lowest BCUT2D eigenvalue weighted by molar-refractivity contribution is -0.122. The molecule has 0 bridgehead atoms. The van der Waals surface area contributed by atoms with Gasteiger partial charge in [-0.1, -0.05) is 53.6 Å². The highest BCUT2D eigenvalue weighted by molar-refractivity contribution is 6.40. The first kappa shape index (κ1) is 26.7. The normalized spacial score (nSPS) is 14.5. The molecule has 1 N–H and O–H groups in total. The Morgan fingerprint density at radius 1 is 1.05 bits per heavy atom. The van der Waals surface area contributed by atoms with Gasteiger partial charge in [0.15, 0.2) is 11.5 Å². The molecule has 1 saturated heterocycles. The van der Waals surface area contributed by atoms with Crippen LogP contribution in [0.2, 0.25) is 5.02 Å². The van der Waals surface area contributed by atoms with Crippen molar-refractivity contribution in [2.45, 2.75) is 26.9 Å². The van der Waals surface area contributed by atoms with E-state index in [-0.39, 0.29) is 5.57 Å². The van der Waals surface area contributed by atoms with Crippen molar-refractivity contribution in [1.29, 1.82) is 0 Å². The number of carbonyl (C=O) groups is 3. The summed E-state index contributed by atoms with van der Waals surface area (Å²) in [4.78, 5) is 39.6. The third kappa shape index (κ3) is 5.48. The summed E-state index contributed by atoms with van der Waals surface area (Å²) < 4.78 is 11.7. The number of halogens is 1. The van der Waals surface area contributed by atoms with E-state index in [1.807, 2.05) is 31.2 Å². The van der Waals surface area contributed by atoms with Gasteiger partial charge >= 0.3 is 6.03 Å². The topological polar surface area (TPSA) is 84.9 Å². The number of ether oxygens (including phenoxy) is 2. The van der Waals surface area contributed by atoms with Crippen LogP contribution in [-0.2, 0) is 22.6 Å². The Morgan fingerprint density at radius 2 is 1.79 bits per heavy atom. The second-order valence-electron chi connectivity index (χ2n) is 8.82. The zero-order valence-electron chi connectivity index (χ0n) is 21.3. The molecule has 0 spiro atoms. The molecule has 0 unspecified atom stereocenters. The predicted molar refractivity (Wildman–Crippen MR) is 148 cm³/mol.